The highest BCUT2D eigenvalue weighted by Crippen LogP contribution is 2.15. The Morgan fingerprint density at radius 1 is 0.913 bits per heavy atom. The highest BCUT2D eigenvalue weighted by Gasteiger charge is 2.08. The average Bonchev–Trinajstić information content (AvgIpc) is 2.49. The zero-order valence-corrected chi connectivity index (χ0v) is 13.4. The lowest BCUT2D eigenvalue weighted by Crippen LogP contribution is -2.15. The molecule has 2 aromatic rings. The molecule has 0 aliphatic carbocycles. The fourth-order valence-corrected chi connectivity index (χ4v) is 1.98. The largest absolute Gasteiger partial charge is 0.382 e. The fraction of sp³-hybridized carbons (Fsp3) is 0.235. The molecule has 0 spiro atoms. The first kappa shape index (κ1) is 16.5. The van der Waals surface area contributed by atoms with E-state index in [1.54, 1.807) is 36.5 Å². The number of hydrogen-bond donors (Lipinski definition) is 3. The van der Waals surface area contributed by atoms with E-state index in [-0.39, 0.29) is 11.8 Å². The van der Waals surface area contributed by atoms with E-state index in [0.29, 0.717) is 23.1 Å². The van der Waals surface area contributed by atoms with Gasteiger partial charge in [-0.2, -0.15) is 0 Å². The second-order valence-electron chi connectivity index (χ2n) is 5.44. The first-order chi connectivity index (χ1) is 10.9. The number of nitrogens with one attached hydrogen (secondary N) is 3. The van der Waals surface area contributed by atoms with Gasteiger partial charge in [-0.3, -0.25) is 9.59 Å². The topological polar surface area (TPSA) is 83.1 Å². The molecular weight excluding hydrogens is 292 g/mol. The van der Waals surface area contributed by atoms with Crippen molar-refractivity contribution in [3.05, 3.63) is 48.3 Å². The van der Waals surface area contributed by atoms with Gasteiger partial charge in [0, 0.05) is 24.3 Å². The van der Waals surface area contributed by atoms with E-state index in [0.717, 1.165) is 5.69 Å². The standard InChI is InChI=1S/C17H20N4O2/c1-11(2)19-15-8-9-16(18-10-15)17(23)21-14-6-4-13(5-7-14)20-12(3)22/h4-11,19H,1-3H3,(H,20,22)(H,21,23). The summed E-state index contributed by atoms with van der Waals surface area (Å²) in [5, 5.41) is 8.65. The fourth-order valence-electron chi connectivity index (χ4n) is 1.98. The number of anilines is 3. The molecule has 0 aliphatic rings. The van der Waals surface area contributed by atoms with E-state index in [1.807, 2.05) is 19.9 Å². The molecule has 6 nitrogen and oxygen atoms in total. The maximum Gasteiger partial charge on any atom is 0.274 e. The number of rotatable bonds is 5. The molecule has 0 saturated heterocycles. The number of carbonyl (C=O) groups excluding carboxylic acids is 2. The number of hydrogen-bond acceptors (Lipinski definition) is 4. The second-order valence-corrected chi connectivity index (χ2v) is 5.44. The molecule has 0 fully saturated rings. The van der Waals surface area contributed by atoms with Gasteiger partial charge in [-0.25, -0.2) is 4.98 Å². The Bertz CT molecular complexity index is 679. The minimum atomic E-state index is -0.284. The van der Waals surface area contributed by atoms with Crippen molar-refractivity contribution >= 4 is 28.9 Å². The summed E-state index contributed by atoms with van der Waals surface area (Å²) in [5.74, 6) is -0.422. The Morgan fingerprint density at radius 3 is 1.96 bits per heavy atom. The van der Waals surface area contributed by atoms with Gasteiger partial charge in [0.2, 0.25) is 5.91 Å². The van der Waals surface area contributed by atoms with Crippen LogP contribution in [0.25, 0.3) is 0 Å². The summed E-state index contributed by atoms with van der Waals surface area (Å²) < 4.78 is 0. The van der Waals surface area contributed by atoms with Crippen LogP contribution in [0.15, 0.2) is 42.6 Å². The third-order valence-corrected chi connectivity index (χ3v) is 2.91. The predicted octanol–water partition coefficient (Wildman–Crippen LogP) is 3.11. The van der Waals surface area contributed by atoms with Crippen LogP contribution in [-0.4, -0.2) is 22.8 Å². The highest BCUT2D eigenvalue weighted by molar-refractivity contribution is 6.03. The molecule has 0 saturated carbocycles. The second kappa shape index (κ2) is 7.40. The molecular formula is C17H20N4O2. The molecule has 0 atom stereocenters. The van der Waals surface area contributed by atoms with Gasteiger partial charge in [-0.15, -0.1) is 0 Å². The zero-order valence-electron chi connectivity index (χ0n) is 13.4. The quantitative estimate of drug-likeness (QED) is 0.792. The molecule has 2 amide bonds. The SMILES string of the molecule is CC(=O)Nc1ccc(NC(=O)c2ccc(NC(C)C)cn2)cc1. The first-order valence-corrected chi connectivity index (χ1v) is 7.35. The van der Waals surface area contributed by atoms with Gasteiger partial charge in [-0.1, -0.05) is 0 Å². The van der Waals surface area contributed by atoms with E-state index in [9.17, 15) is 9.59 Å². The lowest BCUT2D eigenvalue weighted by molar-refractivity contribution is -0.114. The van der Waals surface area contributed by atoms with E-state index in [2.05, 4.69) is 20.9 Å². The van der Waals surface area contributed by atoms with Crippen molar-refractivity contribution in [1.82, 2.24) is 4.98 Å². The molecule has 3 N–H and O–H groups in total. The summed E-state index contributed by atoms with van der Waals surface area (Å²) in [5.41, 5.74) is 2.52. The van der Waals surface area contributed by atoms with Gasteiger partial charge in [0.05, 0.1) is 11.9 Å². The predicted molar refractivity (Wildman–Crippen MR) is 91.7 cm³/mol. The van der Waals surface area contributed by atoms with Gasteiger partial charge in [0.15, 0.2) is 0 Å². The summed E-state index contributed by atoms with van der Waals surface area (Å²) in [4.78, 5) is 27.3. The van der Waals surface area contributed by atoms with Gasteiger partial charge in [0.25, 0.3) is 5.91 Å². The summed E-state index contributed by atoms with van der Waals surface area (Å²) in [7, 11) is 0. The number of aromatic nitrogens is 1. The van der Waals surface area contributed by atoms with Gasteiger partial charge >= 0.3 is 0 Å². The van der Waals surface area contributed by atoms with Crippen LogP contribution in [-0.2, 0) is 4.79 Å². The number of nitrogens with zero attached hydrogens (tertiary/aromatic N) is 1. The Balaban J connectivity index is 1.99. The molecule has 1 aromatic heterocycles. The van der Waals surface area contributed by atoms with Gasteiger partial charge < -0.3 is 16.0 Å². The van der Waals surface area contributed by atoms with Crippen molar-refractivity contribution in [2.45, 2.75) is 26.8 Å². The van der Waals surface area contributed by atoms with Crippen LogP contribution in [0.2, 0.25) is 0 Å². The summed E-state index contributed by atoms with van der Waals surface area (Å²) in [6, 6.07) is 10.7. The van der Waals surface area contributed by atoms with Crippen molar-refractivity contribution in [3.8, 4) is 0 Å². The minimum Gasteiger partial charge on any atom is -0.382 e. The molecule has 2 rings (SSSR count). The van der Waals surface area contributed by atoms with E-state index >= 15 is 0 Å². The molecule has 0 unspecified atom stereocenters. The lowest BCUT2D eigenvalue weighted by atomic mass is 10.2. The van der Waals surface area contributed by atoms with E-state index in [4.69, 9.17) is 0 Å². The normalized spacial score (nSPS) is 10.3. The number of carbonyl (C=O) groups is 2. The number of benzene rings is 1. The van der Waals surface area contributed by atoms with Gasteiger partial charge in [0.1, 0.15) is 5.69 Å². The third-order valence-electron chi connectivity index (χ3n) is 2.91. The smallest absolute Gasteiger partial charge is 0.274 e. The maximum absolute atomic E-state index is 12.1. The number of amides is 2. The van der Waals surface area contributed by atoms with Crippen LogP contribution in [0.5, 0.6) is 0 Å². The Hall–Kier alpha value is -2.89. The van der Waals surface area contributed by atoms with Crippen LogP contribution >= 0.6 is 0 Å². The molecule has 120 valence electrons. The molecule has 0 aliphatic heterocycles. The van der Waals surface area contributed by atoms with Crippen LogP contribution in [0.1, 0.15) is 31.3 Å². The summed E-state index contributed by atoms with van der Waals surface area (Å²) in [6.07, 6.45) is 1.63. The maximum atomic E-state index is 12.1. The van der Waals surface area contributed by atoms with Crippen molar-refractivity contribution < 1.29 is 9.59 Å². The molecule has 6 heteroatoms. The summed E-state index contributed by atoms with van der Waals surface area (Å²) >= 11 is 0. The van der Waals surface area contributed by atoms with Crippen LogP contribution in [0.3, 0.4) is 0 Å². The number of pyridine rings is 1. The molecule has 23 heavy (non-hydrogen) atoms. The Labute approximate surface area is 135 Å². The van der Waals surface area contributed by atoms with Crippen molar-refractivity contribution in [1.29, 1.82) is 0 Å². The van der Waals surface area contributed by atoms with E-state index < -0.39 is 0 Å². The lowest BCUT2D eigenvalue weighted by Gasteiger charge is -2.10. The zero-order chi connectivity index (χ0) is 16.8. The van der Waals surface area contributed by atoms with E-state index in [1.165, 1.54) is 6.92 Å². The Kier molecular flexibility index (Phi) is 5.30. The van der Waals surface area contributed by atoms with Crippen LogP contribution < -0.4 is 16.0 Å². The van der Waals surface area contributed by atoms with Crippen molar-refractivity contribution in [2.24, 2.45) is 0 Å². The molecule has 0 bridgehead atoms. The first-order valence-electron chi connectivity index (χ1n) is 7.35. The van der Waals surface area contributed by atoms with Crippen molar-refractivity contribution in [2.75, 3.05) is 16.0 Å². The minimum absolute atomic E-state index is 0.138. The van der Waals surface area contributed by atoms with Crippen molar-refractivity contribution in [3.63, 3.8) is 0 Å². The molecule has 1 heterocycles. The van der Waals surface area contributed by atoms with Gasteiger partial charge in [-0.05, 0) is 50.2 Å². The highest BCUT2D eigenvalue weighted by atomic mass is 16.2. The monoisotopic (exact) mass is 312 g/mol. The van der Waals surface area contributed by atoms with Crippen LogP contribution in [0, 0.1) is 0 Å². The average molecular weight is 312 g/mol. The molecule has 0 radical (unpaired) electrons. The summed E-state index contributed by atoms with van der Waals surface area (Å²) in [6.45, 7) is 5.51. The molecule has 1 aromatic carbocycles. The Morgan fingerprint density at radius 2 is 1.48 bits per heavy atom. The third kappa shape index (κ3) is 5.10. The van der Waals surface area contributed by atoms with Crippen LogP contribution in [0.4, 0.5) is 17.1 Å².